The SMILES string of the molecule is CC(Br)C1CCN(c2ccc3c(n2)CCC3)CC1. The Morgan fingerprint density at radius 3 is 2.78 bits per heavy atom. The Morgan fingerprint density at radius 1 is 1.28 bits per heavy atom. The van der Waals surface area contributed by atoms with Gasteiger partial charge in [0.2, 0.25) is 0 Å². The number of fused-ring (bicyclic) bond motifs is 1. The van der Waals surface area contributed by atoms with Crippen LogP contribution in [0.2, 0.25) is 0 Å². The van der Waals surface area contributed by atoms with Crippen LogP contribution in [0.3, 0.4) is 0 Å². The maximum absolute atomic E-state index is 4.86. The molecule has 3 heteroatoms. The van der Waals surface area contributed by atoms with E-state index in [-0.39, 0.29) is 0 Å². The van der Waals surface area contributed by atoms with Crippen LogP contribution in [0.1, 0.15) is 37.4 Å². The molecule has 1 saturated heterocycles. The van der Waals surface area contributed by atoms with Crippen molar-refractivity contribution >= 4 is 21.7 Å². The number of halogens is 1. The van der Waals surface area contributed by atoms with Crippen molar-refractivity contribution < 1.29 is 0 Å². The molecule has 0 bridgehead atoms. The number of hydrogen-bond donors (Lipinski definition) is 0. The fourth-order valence-corrected chi connectivity index (χ4v) is 3.70. The second-order valence-corrected chi connectivity index (χ2v) is 7.08. The van der Waals surface area contributed by atoms with Gasteiger partial charge in [0.15, 0.2) is 0 Å². The van der Waals surface area contributed by atoms with E-state index in [9.17, 15) is 0 Å². The molecule has 18 heavy (non-hydrogen) atoms. The molecule has 0 radical (unpaired) electrons. The molecule has 1 aromatic heterocycles. The zero-order valence-corrected chi connectivity index (χ0v) is 12.6. The number of anilines is 1. The van der Waals surface area contributed by atoms with E-state index in [4.69, 9.17) is 4.98 Å². The normalized spacial score (nSPS) is 22.0. The lowest BCUT2D eigenvalue weighted by Gasteiger charge is -2.34. The highest BCUT2D eigenvalue weighted by Crippen LogP contribution is 2.29. The number of aryl methyl sites for hydroxylation is 2. The molecule has 0 aromatic carbocycles. The molecule has 0 amide bonds. The number of hydrogen-bond acceptors (Lipinski definition) is 2. The first-order valence-electron chi connectivity index (χ1n) is 7.12. The van der Waals surface area contributed by atoms with Gasteiger partial charge in [0.25, 0.3) is 0 Å². The van der Waals surface area contributed by atoms with Crippen LogP contribution in [0, 0.1) is 5.92 Å². The van der Waals surface area contributed by atoms with Crippen LogP contribution in [0.25, 0.3) is 0 Å². The lowest BCUT2D eigenvalue weighted by atomic mass is 9.94. The van der Waals surface area contributed by atoms with Crippen molar-refractivity contribution in [1.82, 2.24) is 4.98 Å². The van der Waals surface area contributed by atoms with Crippen molar-refractivity contribution in [2.24, 2.45) is 5.92 Å². The Kier molecular flexibility index (Phi) is 3.60. The molecule has 1 aromatic rings. The van der Waals surface area contributed by atoms with Crippen molar-refractivity contribution in [2.45, 2.75) is 43.9 Å². The van der Waals surface area contributed by atoms with E-state index in [1.807, 2.05) is 0 Å². The summed E-state index contributed by atoms with van der Waals surface area (Å²) >= 11 is 3.72. The average Bonchev–Trinajstić information content (AvgIpc) is 2.86. The molecule has 1 unspecified atom stereocenters. The van der Waals surface area contributed by atoms with Gasteiger partial charge in [-0.05, 0) is 49.7 Å². The van der Waals surface area contributed by atoms with E-state index in [0.717, 1.165) is 19.0 Å². The van der Waals surface area contributed by atoms with Crippen molar-refractivity contribution in [3.63, 3.8) is 0 Å². The molecule has 0 spiro atoms. The Bertz CT molecular complexity index is 423. The standard InChI is InChI=1S/C15H21BrN2/c1-11(16)12-7-9-18(10-8-12)15-6-5-13-3-2-4-14(13)17-15/h5-6,11-12H,2-4,7-10H2,1H3. The summed E-state index contributed by atoms with van der Waals surface area (Å²) in [4.78, 5) is 7.97. The number of nitrogens with zero attached hydrogens (tertiary/aromatic N) is 2. The molecule has 0 N–H and O–H groups in total. The van der Waals surface area contributed by atoms with Gasteiger partial charge in [0.1, 0.15) is 5.82 Å². The molecule has 98 valence electrons. The van der Waals surface area contributed by atoms with Crippen LogP contribution in [0.5, 0.6) is 0 Å². The second-order valence-electron chi connectivity index (χ2n) is 5.63. The third-order valence-corrected chi connectivity index (χ3v) is 5.17. The minimum atomic E-state index is 0.646. The largest absolute Gasteiger partial charge is 0.357 e. The molecule has 3 rings (SSSR count). The summed E-state index contributed by atoms with van der Waals surface area (Å²) in [6.45, 7) is 4.59. The summed E-state index contributed by atoms with van der Waals surface area (Å²) in [6.07, 6.45) is 6.26. The van der Waals surface area contributed by atoms with E-state index in [1.54, 1.807) is 0 Å². The predicted molar refractivity (Wildman–Crippen MR) is 79.6 cm³/mol. The summed E-state index contributed by atoms with van der Waals surface area (Å²) in [7, 11) is 0. The van der Waals surface area contributed by atoms with E-state index in [1.165, 1.54) is 49.2 Å². The maximum atomic E-state index is 4.86. The van der Waals surface area contributed by atoms with Gasteiger partial charge in [-0.1, -0.05) is 28.9 Å². The van der Waals surface area contributed by atoms with Gasteiger partial charge in [0, 0.05) is 23.6 Å². The van der Waals surface area contributed by atoms with Crippen molar-refractivity contribution in [1.29, 1.82) is 0 Å². The van der Waals surface area contributed by atoms with Gasteiger partial charge in [0.05, 0.1) is 0 Å². The molecule has 2 nitrogen and oxygen atoms in total. The van der Waals surface area contributed by atoms with Gasteiger partial charge in [-0.2, -0.15) is 0 Å². The number of alkyl halides is 1. The summed E-state index contributed by atoms with van der Waals surface area (Å²) in [5, 5.41) is 0. The summed E-state index contributed by atoms with van der Waals surface area (Å²) < 4.78 is 0. The van der Waals surface area contributed by atoms with Crippen molar-refractivity contribution in [3.8, 4) is 0 Å². The van der Waals surface area contributed by atoms with Crippen molar-refractivity contribution in [3.05, 3.63) is 23.4 Å². The fourth-order valence-electron chi connectivity index (χ4n) is 3.17. The topological polar surface area (TPSA) is 16.1 Å². The molecular formula is C15H21BrN2. The summed E-state index contributed by atoms with van der Waals surface area (Å²) in [6, 6.07) is 4.52. The molecular weight excluding hydrogens is 288 g/mol. The molecule has 2 heterocycles. The van der Waals surface area contributed by atoms with E-state index < -0.39 is 0 Å². The highest BCUT2D eigenvalue weighted by Gasteiger charge is 2.23. The van der Waals surface area contributed by atoms with Gasteiger partial charge < -0.3 is 4.90 Å². The lowest BCUT2D eigenvalue weighted by molar-refractivity contribution is 0.405. The third kappa shape index (κ3) is 2.42. The summed E-state index contributed by atoms with van der Waals surface area (Å²) in [5.74, 6) is 2.03. The number of rotatable bonds is 2. The second kappa shape index (κ2) is 5.20. The number of aromatic nitrogens is 1. The van der Waals surface area contributed by atoms with Crippen LogP contribution in [-0.4, -0.2) is 22.9 Å². The maximum Gasteiger partial charge on any atom is 0.128 e. The molecule has 1 fully saturated rings. The first kappa shape index (κ1) is 12.5. The van der Waals surface area contributed by atoms with Crippen LogP contribution in [0.4, 0.5) is 5.82 Å². The smallest absolute Gasteiger partial charge is 0.128 e. The number of pyridine rings is 1. The number of piperidine rings is 1. The van der Waals surface area contributed by atoms with Crippen LogP contribution >= 0.6 is 15.9 Å². The quantitative estimate of drug-likeness (QED) is 0.777. The predicted octanol–water partition coefficient (Wildman–Crippen LogP) is 3.57. The Balaban J connectivity index is 1.69. The highest BCUT2D eigenvalue weighted by molar-refractivity contribution is 9.09. The minimum absolute atomic E-state index is 0.646. The monoisotopic (exact) mass is 308 g/mol. The first-order chi connectivity index (χ1) is 8.74. The van der Waals surface area contributed by atoms with Gasteiger partial charge in [-0.3, -0.25) is 0 Å². The minimum Gasteiger partial charge on any atom is -0.357 e. The van der Waals surface area contributed by atoms with Crippen LogP contribution < -0.4 is 4.90 Å². The zero-order valence-electron chi connectivity index (χ0n) is 11.0. The molecule has 2 aliphatic rings. The highest BCUT2D eigenvalue weighted by atomic mass is 79.9. The van der Waals surface area contributed by atoms with E-state index in [0.29, 0.717) is 4.83 Å². The van der Waals surface area contributed by atoms with Gasteiger partial charge >= 0.3 is 0 Å². The average molecular weight is 309 g/mol. The third-order valence-electron chi connectivity index (χ3n) is 4.43. The van der Waals surface area contributed by atoms with Gasteiger partial charge in [-0.25, -0.2) is 4.98 Å². The van der Waals surface area contributed by atoms with Crippen LogP contribution in [0.15, 0.2) is 12.1 Å². The van der Waals surface area contributed by atoms with Crippen LogP contribution in [-0.2, 0) is 12.8 Å². The Labute approximate surface area is 118 Å². The molecule has 1 aliphatic heterocycles. The Morgan fingerprint density at radius 2 is 2.06 bits per heavy atom. The molecule has 1 aliphatic carbocycles. The Hall–Kier alpha value is -0.570. The summed E-state index contributed by atoms with van der Waals surface area (Å²) in [5.41, 5.74) is 2.83. The zero-order chi connectivity index (χ0) is 12.5. The van der Waals surface area contributed by atoms with E-state index >= 15 is 0 Å². The first-order valence-corrected chi connectivity index (χ1v) is 8.03. The van der Waals surface area contributed by atoms with Gasteiger partial charge in [-0.15, -0.1) is 0 Å². The molecule has 0 saturated carbocycles. The lowest BCUT2D eigenvalue weighted by Crippen LogP contribution is -2.36. The van der Waals surface area contributed by atoms with Crippen molar-refractivity contribution in [2.75, 3.05) is 18.0 Å². The fraction of sp³-hybridized carbons (Fsp3) is 0.667. The molecule has 1 atom stereocenters. The van der Waals surface area contributed by atoms with E-state index in [2.05, 4.69) is 39.9 Å².